The van der Waals surface area contributed by atoms with Crippen molar-refractivity contribution in [2.45, 2.75) is 6.92 Å². The van der Waals surface area contributed by atoms with Gasteiger partial charge in [0.05, 0.1) is 5.56 Å². The Kier molecular flexibility index (Phi) is 2.83. The number of phenols is 3. The largest absolute Gasteiger partial charge is 0.507 e. The first kappa shape index (κ1) is 13.1. The average Bonchev–Trinajstić information content (AvgIpc) is 2.46. The molecule has 3 rings (SSSR count). The average molecular weight is 284 g/mol. The van der Waals surface area contributed by atoms with Crippen LogP contribution in [0.4, 0.5) is 0 Å². The first-order chi connectivity index (χ1) is 10.0. The van der Waals surface area contributed by atoms with Crippen molar-refractivity contribution in [1.82, 2.24) is 0 Å². The zero-order valence-electron chi connectivity index (χ0n) is 11.1. The molecule has 0 aliphatic rings. The molecule has 2 aromatic carbocycles. The molecule has 0 fully saturated rings. The van der Waals surface area contributed by atoms with E-state index in [2.05, 4.69) is 0 Å². The van der Waals surface area contributed by atoms with Gasteiger partial charge in [0.25, 0.3) is 0 Å². The zero-order chi connectivity index (χ0) is 15.1. The molecule has 5 nitrogen and oxygen atoms in total. The van der Waals surface area contributed by atoms with Crippen molar-refractivity contribution >= 4 is 11.0 Å². The summed E-state index contributed by atoms with van der Waals surface area (Å²) in [7, 11) is 0. The summed E-state index contributed by atoms with van der Waals surface area (Å²) in [5.41, 5.74) is 0.265. The van der Waals surface area contributed by atoms with E-state index >= 15 is 0 Å². The van der Waals surface area contributed by atoms with E-state index in [-0.39, 0.29) is 39.3 Å². The topological polar surface area (TPSA) is 90.9 Å². The van der Waals surface area contributed by atoms with Crippen LogP contribution in [0.25, 0.3) is 22.1 Å². The summed E-state index contributed by atoms with van der Waals surface area (Å²) in [6, 6.07) is 7.64. The van der Waals surface area contributed by atoms with Crippen LogP contribution in [-0.2, 0) is 0 Å². The first-order valence-corrected chi connectivity index (χ1v) is 6.26. The first-order valence-electron chi connectivity index (χ1n) is 6.26. The zero-order valence-corrected chi connectivity index (χ0v) is 11.1. The lowest BCUT2D eigenvalue weighted by Crippen LogP contribution is -2.05. The molecule has 0 bridgehead atoms. The van der Waals surface area contributed by atoms with Gasteiger partial charge in [-0.1, -0.05) is 18.2 Å². The molecule has 3 aromatic rings. The predicted molar refractivity (Wildman–Crippen MR) is 77.7 cm³/mol. The van der Waals surface area contributed by atoms with Crippen molar-refractivity contribution in [3.63, 3.8) is 0 Å². The Morgan fingerprint density at radius 2 is 1.71 bits per heavy atom. The van der Waals surface area contributed by atoms with Crippen molar-refractivity contribution in [3.05, 3.63) is 52.4 Å². The second kappa shape index (κ2) is 4.56. The van der Waals surface area contributed by atoms with Crippen LogP contribution in [0.5, 0.6) is 17.2 Å². The minimum atomic E-state index is -0.474. The van der Waals surface area contributed by atoms with Gasteiger partial charge in [0, 0.05) is 17.2 Å². The molecule has 106 valence electrons. The Morgan fingerprint density at radius 3 is 2.43 bits per heavy atom. The normalized spacial score (nSPS) is 10.9. The fourth-order valence-electron chi connectivity index (χ4n) is 2.24. The van der Waals surface area contributed by atoms with Crippen molar-refractivity contribution in [3.8, 4) is 28.4 Å². The van der Waals surface area contributed by atoms with Gasteiger partial charge in [-0.3, -0.25) is 4.79 Å². The molecule has 1 aromatic heterocycles. The molecule has 1 heterocycles. The van der Waals surface area contributed by atoms with Gasteiger partial charge < -0.3 is 19.7 Å². The van der Waals surface area contributed by atoms with Crippen LogP contribution in [0.1, 0.15) is 5.56 Å². The number of hydrogen-bond acceptors (Lipinski definition) is 5. The maximum absolute atomic E-state index is 12.6. The molecule has 0 spiro atoms. The van der Waals surface area contributed by atoms with Gasteiger partial charge >= 0.3 is 0 Å². The second-order valence-electron chi connectivity index (χ2n) is 4.74. The van der Waals surface area contributed by atoms with E-state index in [0.717, 1.165) is 0 Å². The van der Waals surface area contributed by atoms with Crippen LogP contribution >= 0.6 is 0 Å². The van der Waals surface area contributed by atoms with Crippen LogP contribution in [0.2, 0.25) is 0 Å². The summed E-state index contributed by atoms with van der Waals surface area (Å²) in [5, 5.41) is 29.6. The highest BCUT2D eigenvalue weighted by Gasteiger charge is 2.17. The summed E-state index contributed by atoms with van der Waals surface area (Å²) >= 11 is 0. The summed E-state index contributed by atoms with van der Waals surface area (Å²) in [5.74, 6) is -0.534. The van der Waals surface area contributed by atoms with E-state index in [1.165, 1.54) is 25.3 Å². The lowest BCUT2D eigenvalue weighted by Gasteiger charge is -2.08. The summed E-state index contributed by atoms with van der Waals surface area (Å²) in [6.45, 7) is 1.50. The number of benzene rings is 2. The van der Waals surface area contributed by atoms with Gasteiger partial charge in [-0.05, 0) is 13.0 Å². The molecule has 3 N–H and O–H groups in total. The molecule has 0 unspecified atom stereocenters. The lowest BCUT2D eigenvalue weighted by molar-refractivity contribution is 0.444. The van der Waals surface area contributed by atoms with Crippen molar-refractivity contribution in [1.29, 1.82) is 0 Å². The fourth-order valence-corrected chi connectivity index (χ4v) is 2.24. The van der Waals surface area contributed by atoms with Crippen molar-refractivity contribution in [2.75, 3.05) is 0 Å². The molecule has 0 amide bonds. The van der Waals surface area contributed by atoms with E-state index < -0.39 is 5.43 Å². The molecular formula is C16H12O5. The number of aromatic hydroxyl groups is 3. The molecule has 5 heteroatoms. The standard InChI is InChI=1S/C16H12O5/c1-8-12(18)6-13-14(15(8)19)16(20)10(7-21-13)9-4-2-3-5-11(9)17/h2-7,17-19H,1H3. The van der Waals surface area contributed by atoms with Crippen LogP contribution < -0.4 is 5.43 Å². The fraction of sp³-hybridized carbons (Fsp3) is 0.0625. The Balaban J connectivity index is 2.42. The highest BCUT2D eigenvalue weighted by Crippen LogP contribution is 2.35. The van der Waals surface area contributed by atoms with E-state index in [1.807, 2.05) is 0 Å². The smallest absolute Gasteiger partial charge is 0.204 e. The van der Waals surface area contributed by atoms with Crippen molar-refractivity contribution in [2.24, 2.45) is 0 Å². The van der Waals surface area contributed by atoms with Crippen LogP contribution in [0.3, 0.4) is 0 Å². The van der Waals surface area contributed by atoms with E-state index in [1.54, 1.807) is 18.2 Å². The Labute approximate surface area is 119 Å². The number of phenolic OH excluding ortho intramolecular Hbond substituents is 3. The third-order valence-corrected chi connectivity index (χ3v) is 3.46. The highest BCUT2D eigenvalue weighted by atomic mass is 16.3. The van der Waals surface area contributed by atoms with Crippen molar-refractivity contribution < 1.29 is 19.7 Å². The summed E-state index contributed by atoms with van der Waals surface area (Å²) in [4.78, 5) is 12.6. The Morgan fingerprint density at radius 1 is 1.00 bits per heavy atom. The number of fused-ring (bicyclic) bond motifs is 1. The maximum atomic E-state index is 12.6. The monoisotopic (exact) mass is 284 g/mol. The second-order valence-corrected chi connectivity index (χ2v) is 4.74. The van der Waals surface area contributed by atoms with E-state index in [0.29, 0.717) is 5.56 Å². The third-order valence-electron chi connectivity index (χ3n) is 3.46. The number of rotatable bonds is 1. The summed E-state index contributed by atoms with van der Waals surface area (Å²) < 4.78 is 5.32. The van der Waals surface area contributed by atoms with Gasteiger partial charge in [0.15, 0.2) is 0 Å². The Bertz CT molecular complexity index is 908. The molecule has 0 aliphatic carbocycles. The quantitative estimate of drug-likeness (QED) is 0.639. The van der Waals surface area contributed by atoms with Crippen LogP contribution in [-0.4, -0.2) is 15.3 Å². The molecule has 0 radical (unpaired) electrons. The minimum absolute atomic E-state index is 0.0222. The van der Waals surface area contributed by atoms with Gasteiger partial charge in [-0.25, -0.2) is 0 Å². The Hall–Kier alpha value is -2.95. The maximum Gasteiger partial charge on any atom is 0.204 e. The van der Waals surface area contributed by atoms with Gasteiger partial charge in [-0.2, -0.15) is 0 Å². The molecule has 0 aliphatic heterocycles. The number of hydrogen-bond donors (Lipinski definition) is 3. The molecule has 21 heavy (non-hydrogen) atoms. The van der Waals surface area contributed by atoms with E-state index in [4.69, 9.17) is 4.42 Å². The molecule has 0 saturated heterocycles. The van der Waals surface area contributed by atoms with Gasteiger partial charge in [0.1, 0.15) is 34.5 Å². The SMILES string of the molecule is Cc1c(O)cc2occ(-c3ccccc3O)c(=O)c2c1O. The minimum Gasteiger partial charge on any atom is -0.507 e. The van der Waals surface area contributed by atoms with Gasteiger partial charge in [0.2, 0.25) is 5.43 Å². The lowest BCUT2D eigenvalue weighted by atomic mass is 10.0. The highest BCUT2D eigenvalue weighted by molar-refractivity contribution is 5.90. The summed E-state index contributed by atoms with van der Waals surface area (Å²) in [6.07, 6.45) is 1.20. The predicted octanol–water partition coefficient (Wildman–Crippen LogP) is 2.89. The molecular weight excluding hydrogens is 272 g/mol. The third kappa shape index (κ3) is 1.90. The van der Waals surface area contributed by atoms with Crippen LogP contribution in [0.15, 0.2) is 45.8 Å². The molecule has 0 atom stereocenters. The molecule has 0 saturated carbocycles. The van der Waals surface area contributed by atoms with E-state index in [9.17, 15) is 20.1 Å². The van der Waals surface area contributed by atoms with Crippen LogP contribution in [0, 0.1) is 6.92 Å². The number of para-hydroxylation sites is 1. The van der Waals surface area contributed by atoms with Gasteiger partial charge in [-0.15, -0.1) is 0 Å².